The molecule has 4 N–H and O–H groups in total. The van der Waals surface area contributed by atoms with Gasteiger partial charge in [-0.15, -0.1) is 0 Å². The monoisotopic (exact) mass is 251 g/mol. The van der Waals surface area contributed by atoms with Crippen LogP contribution in [-0.4, -0.2) is 30.3 Å². The molecule has 0 heterocycles. The van der Waals surface area contributed by atoms with E-state index in [2.05, 4.69) is 10.5 Å². The molecule has 1 unspecified atom stereocenters. The van der Waals surface area contributed by atoms with Gasteiger partial charge in [0.05, 0.1) is 6.10 Å². The maximum absolute atomic E-state index is 8.62. The molecule has 5 heteroatoms. The van der Waals surface area contributed by atoms with Crippen LogP contribution >= 0.6 is 0 Å². The Bertz CT molecular complexity index is 394. The third-order valence-electron chi connectivity index (χ3n) is 2.54. The summed E-state index contributed by atoms with van der Waals surface area (Å²) in [4.78, 5) is 0. The van der Waals surface area contributed by atoms with Crippen LogP contribution in [0.15, 0.2) is 29.4 Å². The Morgan fingerprint density at radius 1 is 1.56 bits per heavy atom. The second-order valence-corrected chi connectivity index (χ2v) is 4.08. The molecule has 0 aliphatic rings. The highest BCUT2D eigenvalue weighted by molar-refractivity contribution is 5.97. The summed E-state index contributed by atoms with van der Waals surface area (Å²) in [6.07, 6.45) is 0.197. The normalized spacial score (nSPS) is 13.6. The Kier molecular flexibility index (Phi) is 6.18. The van der Waals surface area contributed by atoms with E-state index in [1.807, 2.05) is 32.0 Å². The van der Waals surface area contributed by atoms with E-state index in [9.17, 15) is 0 Å². The van der Waals surface area contributed by atoms with Gasteiger partial charge < -0.3 is 21.0 Å². The molecule has 1 aromatic carbocycles. The highest BCUT2D eigenvalue weighted by Gasteiger charge is 2.02. The molecule has 1 aromatic rings. The lowest BCUT2D eigenvalue weighted by molar-refractivity contribution is 0.0759. The van der Waals surface area contributed by atoms with Gasteiger partial charge in [0.25, 0.3) is 0 Å². The molecule has 0 fully saturated rings. The lowest BCUT2D eigenvalue weighted by Gasteiger charge is -2.12. The third kappa shape index (κ3) is 4.73. The van der Waals surface area contributed by atoms with Crippen molar-refractivity contribution in [2.24, 2.45) is 10.9 Å². The molecule has 0 radical (unpaired) electrons. The zero-order chi connectivity index (χ0) is 13.4. The van der Waals surface area contributed by atoms with Gasteiger partial charge in [0.15, 0.2) is 5.84 Å². The highest BCUT2D eigenvalue weighted by Crippen LogP contribution is 2.05. The number of nitrogens with zero attached hydrogens (tertiary/aromatic N) is 1. The first kappa shape index (κ1) is 14.5. The number of benzene rings is 1. The zero-order valence-corrected chi connectivity index (χ0v) is 10.9. The van der Waals surface area contributed by atoms with E-state index in [1.54, 1.807) is 6.07 Å². The van der Waals surface area contributed by atoms with E-state index in [0.717, 1.165) is 30.8 Å². The lowest BCUT2D eigenvalue weighted by Crippen LogP contribution is -2.26. The quantitative estimate of drug-likeness (QED) is 0.295. The minimum absolute atomic E-state index is 0.125. The predicted octanol–water partition coefficient (Wildman–Crippen LogP) is 1.30. The molecular weight excluding hydrogens is 230 g/mol. The summed E-state index contributed by atoms with van der Waals surface area (Å²) in [5.74, 6) is 0.125. The summed E-state index contributed by atoms with van der Waals surface area (Å²) in [6.45, 7) is 6.26. The highest BCUT2D eigenvalue weighted by atomic mass is 16.5. The Morgan fingerprint density at radius 2 is 2.33 bits per heavy atom. The van der Waals surface area contributed by atoms with Crippen molar-refractivity contribution < 1.29 is 9.94 Å². The molecule has 18 heavy (non-hydrogen) atoms. The largest absolute Gasteiger partial charge is 0.409 e. The van der Waals surface area contributed by atoms with Gasteiger partial charge in [-0.3, -0.25) is 0 Å². The summed E-state index contributed by atoms with van der Waals surface area (Å²) in [5, 5.41) is 14.9. The number of amidine groups is 1. The van der Waals surface area contributed by atoms with Gasteiger partial charge in [0.2, 0.25) is 0 Å². The Labute approximate surface area is 108 Å². The van der Waals surface area contributed by atoms with E-state index in [-0.39, 0.29) is 11.9 Å². The standard InChI is InChI=1S/C13H21N3O2/c1-3-18-10(2)8-15-9-11-5-4-6-12(7-11)13(14)16-17/h4-7,10,15,17H,3,8-9H2,1-2H3,(H2,14,16). The first-order valence-electron chi connectivity index (χ1n) is 6.06. The Morgan fingerprint density at radius 3 is 3.00 bits per heavy atom. The number of nitrogens with one attached hydrogen (secondary N) is 1. The van der Waals surface area contributed by atoms with Crippen molar-refractivity contribution in [2.45, 2.75) is 26.5 Å². The van der Waals surface area contributed by atoms with Gasteiger partial charge in [-0.1, -0.05) is 23.4 Å². The molecule has 0 spiro atoms. The van der Waals surface area contributed by atoms with Gasteiger partial charge in [0.1, 0.15) is 0 Å². The average molecular weight is 251 g/mol. The van der Waals surface area contributed by atoms with E-state index in [4.69, 9.17) is 15.7 Å². The number of hydrogen-bond acceptors (Lipinski definition) is 4. The van der Waals surface area contributed by atoms with Crippen molar-refractivity contribution in [1.82, 2.24) is 5.32 Å². The van der Waals surface area contributed by atoms with Crippen molar-refractivity contribution in [3.05, 3.63) is 35.4 Å². The molecule has 5 nitrogen and oxygen atoms in total. The van der Waals surface area contributed by atoms with E-state index in [0.29, 0.717) is 0 Å². The van der Waals surface area contributed by atoms with Crippen molar-refractivity contribution in [1.29, 1.82) is 0 Å². The van der Waals surface area contributed by atoms with Gasteiger partial charge in [0, 0.05) is 25.3 Å². The Balaban J connectivity index is 2.48. The molecule has 0 aromatic heterocycles. The van der Waals surface area contributed by atoms with Crippen molar-refractivity contribution in [3.8, 4) is 0 Å². The average Bonchev–Trinajstić information content (AvgIpc) is 2.38. The van der Waals surface area contributed by atoms with Crippen LogP contribution in [-0.2, 0) is 11.3 Å². The van der Waals surface area contributed by atoms with Crippen LogP contribution in [0.4, 0.5) is 0 Å². The summed E-state index contributed by atoms with van der Waals surface area (Å²) in [6, 6.07) is 7.58. The van der Waals surface area contributed by atoms with Crippen LogP contribution in [0.25, 0.3) is 0 Å². The molecule has 1 atom stereocenters. The Hall–Kier alpha value is -1.59. The van der Waals surface area contributed by atoms with Crippen molar-refractivity contribution >= 4 is 5.84 Å². The van der Waals surface area contributed by atoms with Crippen LogP contribution in [0.5, 0.6) is 0 Å². The summed E-state index contributed by atoms with van der Waals surface area (Å²) >= 11 is 0. The van der Waals surface area contributed by atoms with Crippen molar-refractivity contribution in [2.75, 3.05) is 13.2 Å². The van der Waals surface area contributed by atoms with Crippen LogP contribution in [0.2, 0.25) is 0 Å². The number of oxime groups is 1. The summed E-state index contributed by atoms with van der Waals surface area (Å²) in [5.41, 5.74) is 7.34. The van der Waals surface area contributed by atoms with Crippen LogP contribution < -0.4 is 11.1 Å². The van der Waals surface area contributed by atoms with Gasteiger partial charge in [-0.05, 0) is 25.5 Å². The van der Waals surface area contributed by atoms with Crippen LogP contribution in [0.1, 0.15) is 25.0 Å². The van der Waals surface area contributed by atoms with E-state index < -0.39 is 0 Å². The maximum atomic E-state index is 8.62. The second-order valence-electron chi connectivity index (χ2n) is 4.08. The van der Waals surface area contributed by atoms with Gasteiger partial charge in [-0.2, -0.15) is 0 Å². The molecule has 0 aliphatic carbocycles. The fourth-order valence-corrected chi connectivity index (χ4v) is 1.66. The van der Waals surface area contributed by atoms with Crippen LogP contribution in [0.3, 0.4) is 0 Å². The SMILES string of the molecule is CCOC(C)CNCc1cccc(/C(N)=N/O)c1. The fourth-order valence-electron chi connectivity index (χ4n) is 1.66. The lowest BCUT2D eigenvalue weighted by atomic mass is 10.1. The first-order chi connectivity index (χ1) is 8.67. The molecule has 0 bridgehead atoms. The molecule has 1 rings (SSSR count). The number of nitrogens with two attached hydrogens (primary N) is 1. The predicted molar refractivity (Wildman–Crippen MR) is 71.7 cm³/mol. The fraction of sp³-hybridized carbons (Fsp3) is 0.462. The van der Waals surface area contributed by atoms with Crippen molar-refractivity contribution in [3.63, 3.8) is 0 Å². The van der Waals surface area contributed by atoms with Crippen LogP contribution in [0, 0.1) is 0 Å². The first-order valence-corrected chi connectivity index (χ1v) is 6.06. The molecule has 0 amide bonds. The summed E-state index contributed by atoms with van der Waals surface area (Å²) < 4.78 is 5.42. The van der Waals surface area contributed by atoms with E-state index in [1.165, 1.54) is 0 Å². The minimum Gasteiger partial charge on any atom is -0.409 e. The summed E-state index contributed by atoms with van der Waals surface area (Å²) in [7, 11) is 0. The molecule has 0 saturated heterocycles. The van der Waals surface area contributed by atoms with E-state index >= 15 is 0 Å². The second kappa shape index (κ2) is 7.68. The smallest absolute Gasteiger partial charge is 0.170 e. The topological polar surface area (TPSA) is 79.9 Å². The molecule has 100 valence electrons. The number of rotatable bonds is 7. The number of hydrogen-bond donors (Lipinski definition) is 3. The minimum atomic E-state index is 0.125. The molecular formula is C13H21N3O2. The van der Waals surface area contributed by atoms with Gasteiger partial charge in [-0.25, -0.2) is 0 Å². The molecule has 0 saturated carbocycles. The number of ether oxygens (including phenoxy) is 1. The molecule has 0 aliphatic heterocycles. The zero-order valence-electron chi connectivity index (χ0n) is 10.9. The maximum Gasteiger partial charge on any atom is 0.170 e. The third-order valence-corrected chi connectivity index (χ3v) is 2.54. The van der Waals surface area contributed by atoms with Gasteiger partial charge >= 0.3 is 0 Å².